The first kappa shape index (κ1) is 15.9. The molecular formula is C15H25N3O3. The Hall–Kier alpha value is -1.43. The van der Waals surface area contributed by atoms with E-state index in [2.05, 4.69) is 5.32 Å². The highest BCUT2D eigenvalue weighted by molar-refractivity contribution is 6.06. The maximum Gasteiger partial charge on any atom is 0.247 e. The number of imide groups is 1. The molecule has 0 radical (unpaired) electrons. The lowest BCUT2D eigenvalue weighted by Crippen LogP contribution is -2.56. The predicted molar refractivity (Wildman–Crippen MR) is 78.2 cm³/mol. The second-order valence-electron chi connectivity index (χ2n) is 6.64. The van der Waals surface area contributed by atoms with E-state index >= 15 is 0 Å². The molecule has 2 rings (SSSR count). The second-order valence-corrected chi connectivity index (χ2v) is 6.64. The first-order valence-electron chi connectivity index (χ1n) is 7.76. The van der Waals surface area contributed by atoms with E-state index in [1.54, 1.807) is 13.8 Å². The molecule has 0 aromatic rings. The summed E-state index contributed by atoms with van der Waals surface area (Å²) in [5.41, 5.74) is 4.32. The van der Waals surface area contributed by atoms with Crippen LogP contribution < -0.4 is 11.1 Å². The van der Waals surface area contributed by atoms with Crippen molar-refractivity contribution < 1.29 is 14.4 Å². The lowest BCUT2D eigenvalue weighted by molar-refractivity contribution is -0.142. The van der Waals surface area contributed by atoms with Gasteiger partial charge in [0.15, 0.2) is 0 Å². The second kappa shape index (κ2) is 6.13. The number of carbonyl (C=O) groups excluding carboxylic acids is 3. The molecule has 0 spiro atoms. The molecule has 1 aliphatic heterocycles. The molecule has 6 heteroatoms. The third-order valence-electron chi connectivity index (χ3n) is 4.52. The van der Waals surface area contributed by atoms with Gasteiger partial charge in [0.1, 0.15) is 0 Å². The number of nitrogens with zero attached hydrogens (tertiary/aromatic N) is 1. The van der Waals surface area contributed by atoms with Gasteiger partial charge in [0.25, 0.3) is 0 Å². The van der Waals surface area contributed by atoms with Gasteiger partial charge >= 0.3 is 0 Å². The van der Waals surface area contributed by atoms with Crippen molar-refractivity contribution in [1.82, 2.24) is 10.2 Å². The number of nitrogens with two attached hydrogens (primary N) is 1. The third-order valence-corrected chi connectivity index (χ3v) is 4.52. The number of primary amides is 1. The Morgan fingerprint density at radius 1 is 1.19 bits per heavy atom. The Balaban J connectivity index is 2.07. The molecule has 1 saturated carbocycles. The van der Waals surface area contributed by atoms with Crippen molar-refractivity contribution >= 4 is 17.7 Å². The molecule has 1 heterocycles. The molecule has 1 unspecified atom stereocenters. The van der Waals surface area contributed by atoms with Gasteiger partial charge in [-0.3, -0.25) is 24.6 Å². The number of carbonyl (C=O) groups is 3. The predicted octanol–water partition coefficient (Wildman–Crippen LogP) is 0.690. The topological polar surface area (TPSA) is 92.5 Å². The summed E-state index contributed by atoms with van der Waals surface area (Å²) in [6, 6.07) is -0.612. The van der Waals surface area contributed by atoms with Gasteiger partial charge in [-0.1, -0.05) is 25.7 Å². The molecule has 0 bridgehead atoms. The fourth-order valence-electron chi connectivity index (χ4n) is 3.17. The van der Waals surface area contributed by atoms with Crippen LogP contribution in [-0.2, 0) is 14.4 Å². The Morgan fingerprint density at radius 2 is 1.76 bits per heavy atom. The van der Waals surface area contributed by atoms with E-state index in [1.807, 2.05) is 0 Å². The summed E-state index contributed by atoms with van der Waals surface area (Å²) in [6.45, 7) is 3.25. The normalized spacial score (nSPS) is 25.2. The first-order chi connectivity index (χ1) is 9.83. The van der Waals surface area contributed by atoms with Crippen LogP contribution in [0, 0.1) is 0 Å². The lowest BCUT2D eigenvalue weighted by Gasteiger charge is -2.28. The van der Waals surface area contributed by atoms with Crippen LogP contribution in [0.3, 0.4) is 0 Å². The number of amides is 3. The highest BCUT2D eigenvalue weighted by Gasteiger charge is 2.44. The van der Waals surface area contributed by atoms with E-state index in [4.69, 9.17) is 5.73 Å². The highest BCUT2D eigenvalue weighted by Crippen LogP contribution is 2.27. The number of hydrogen-bond donors (Lipinski definition) is 2. The summed E-state index contributed by atoms with van der Waals surface area (Å²) < 4.78 is 0. The summed E-state index contributed by atoms with van der Waals surface area (Å²) in [5, 5.41) is 2.93. The van der Waals surface area contributed by atoms with E-state index in [9.17, 15) is 14.4 Å². The summed E-state index contributed by atoms with van der Waals surface area (Å²) in [7, 11) is 0. The minimum Gasteiger partial charge on any atom is -0.368 e. The molecule has 0 aromatic heterocycles. The van der Waals surface area contributed by atoms with Crippen molar-refractivity contribution in [2.45, 2.75) is 76.4 Å². The van der Waals surface area contributed by atoms with Crippen LogP contribution in [0.5, 0.6) is 0 Å². The molecule has 118 valence electrons. The summed E-state index contributed by atoms with van der Waals surface area (Å²) in [6.07, 6.45) is 6.37. The molecule has 2 aliphatic rings. The molecular weight excluding hydrogens is 270 g/mol. The third kappa shape index (κ3) is 3.43. The van der Waals surface area contributed by atoms with Crippen LogP contribution in [0.25, 0.3) is 0 Å². The molecule has 1 aliphatic carbocycles. The zero-order valence-electron chi connectivity index (χ0n) is 12.9. The monoisotopic (exact) mass is 295 g/mol. The van der Waals surface area contributed by atoms with Gasteiger partial charge < -0.3 is 5.73 Å². The zero-order chi connectivity index (χ0) is 15.6. The van der Waals surface area contributed by atoms with Crippen molar-refractivity contribution in [2.24, 2.45) is 5.73 Å². The lowest BCUT2D eigenvalue weighted by atomic mass is 10.0. The van der Waals surface area contributed by atoms with E-state index in [0.717, 1.165) is 25.7 Å². The molecule has 6 nitrogen and oxygen atoms in total. The van der Waals surface area contributed by atoms with Gasteiger partial charge in [0.05, 0.1) is 18.0 Å². The maximum atomic E-state index is 12.5. The van der Waals surface area contributed by atoms with Gasteiger partial charge in [-0.2, -0.15) is 0 Å². The fourth-order valence-corrected chi connectivity index (χ4v) is 3.17. The Kier molecular flexibility index (Phi) is 4.66. The Labute approximate surface area is 125 Å². The smallest absolute Gasteiger partial charge is 0.247 e. The van der Waals surface area contributed by atoms with Gasteiger partial charge in [0.2, 0.25) is 17.7 Å². The molecule has 21 heavy (non-hydrogen) atoms. The Bertz CT molecular complexity index is 439. The van der Waals surface area contributed by atoms with Gasteiger partial charge in [0, 0.05) is 6.04 Å². The van der Waals surface area contributed by atoms with E-state index < -0.39 is 17.5 Å². The number of nitrogens with one attached hydrogen (secondary N) is 1. The number of likely N-dealkylation sites (tertiary alicyclic amines) is 1. The minimum absolute atomic E-state index is 0.0241. The van der Waals surface area contributed by atoms with Gasteiger partial charge in [-0.25, -0.2) is 0 Å². The number of hydrogen-bond acceptors (Lipinski definition) is 4. The maximum absolute atomic E-state index is 12.5. The van der Waals surface area contributed by atoms with Crippen LogP contribution in [0.1, 0.15) is 58.8 Å². The van der Waals surface area contributed by atoms with Crippen molar-refractivity contribution in [1.29, 1.82) is 0 Å². The highest BCUT2D eigenvalue weighted by atomic mass is 16.2. The van der Waals surface area contributed by atoms with Crippen molar-refractivity contribution in [3.8, 4) is 0 Å². The Morgan fingerprint density at radius 3 is 2.29 bits per heavy atom. The minimum atomic E-state index is -1.000. The number of rotatable bonds is 4. The van der Waals surface area contributed by atoms with Crippen LogP contribution >= 0.6 is 0 Å². The molecule has 1 atom stereocenters. The molecule has 3 N–H and O–H groups in total. The van der Waals surface area contributed by atoms with Crippen LogP contribution in [-0.4, -0.2) is 40.2 Å². The standard InChI is InChI=1S/C15H25N3O3/c1-15(2,14(16)21)17-11-9-12(19)18(13(11)20)10-7-5-3-4-6-8-10/h10-11,17H,3-9H2,1-2H3,(H2,16,21). The van der Waals surface area contributed by atoms with Crippen LogP contribution in [0.2, 0.25) is 0 Å². The SMILES string of the molecule is CC(C)(NC1CC(=O)N(C2CCCCCC2)C1=O)C(N)=O. The quantitative estimate of drug-likeness (QED) is 0.589. The molecule has 2 fully saturated rings. The van der Waals surface area contributed by atoms with Crippen molar-refractivity contribution in [2.75, 3.05) is 0 Å². The zero-order valence-corrected chi connectivity index (χ0v) is 12.9. The summed E-state index contributed by atoms with van der Waals surface area (Å²) >= 11 is 0. The van der Waals surface area contributed by atoms with Crippen LogP contribution in [0.4, 0.5) is 0 Å². The van der Waals surface area contributed by atoms with E-state index in [-0.39, 0.29) is 24.3 Å². The average molecular weight is 295 g/mol. The van der Waals surface area contributed by atoms with Crippen LogP contribution in [0.15, 0.2) is 0 Å². The van der Waals surface area contributed by atoms with Gasteiger partial charge in [-0.15, -0.1) is 0 Å². The summed E-state index contributed by atoms with van der Waals surface area (Å²) in [5.74, 6) is -0.874. The first-order valence-corrected chi connectivity index (χ1v) is 7.76. The van der Waals surface area contributed by atoms with Crippen molar-refractivity contribution in [3.05, 3.63) is 0 Å². The molecule has 0 aromatic carbocycles. The van der Waals surface area contributed by atoms with Crippen molar-refractivity contribution in [3.63, 3.8) is 0 Å². The van der Waals surface area contributed by atoms with E-state index in [1.165, 1.54) is 17.7 Å². The molecule has 3 amide bonds. The fraction of sp³-hybridized carbons (Fsp3) is 0.800. The van der Waals surface area contributed by atoms with Gasteiger partial charge in [-0.05, 0) is 26.7 Å². The average Bonchev–Trinajstić information content (AvgIpc) is 2.61. The summed E-state index contributed by atoms with van der Waals surface area (Å²) in [4.78, 5) is 37.5. The molecule has 1 saturated heterocycles. The van der Waals surface area contributed by atoms with E-state index in [0.29, 0.717) is 0 Å². The largest absolute Gasteiger partial charge is 0.368 e.